The van der Waals surface area contributed by atoms with Crippen molar-refractivity contribution in [3.05, 3.63) is 64.4 Å². The van der Waals surface area contributed by atoms with Crippen LogP contribution in [0, 0.1) is 0 Å². The molecule has 1 atom stereocenters. The molecule has 0 saturated heterocycles. The highest BCUT2D eigenvalue weighted by Gasteiger charge is 2.43. The monoisotopic (exact) mass is 563 g/mol. The van der Waals surface area contributed by atoms with Crippen molar-refractivity contribution in [1.82, 2.24) is 0 Å². The molecule has 0 fully saturated rings. The summed E-state index contributed by atoms with van der Waals surface area (Å²) in [6.07, 6.45) is 0. The number of carbonyl (C=O) groups is 1. The standard InChI is InChI=1S/C30H29NO10/c1-34-22-6-15(7-23(35-2)28(22)32)12-31-18-11-21-20(40-14-41-21)10-17(18)26(27-19(31)13-39-30(27)33)16-8-24(36-3)29(38-5)25(9-16)37-4/h6-11,26,32H,12-14H2,1-5H3. The van der Waals surface area contributed by atoms with Gasteiger partial charge < -0.3 is 47.9 Å². The molecule has 6 rings (SSSR count). The average Bonchev–Trinajstić information content (AvgIpc) is 3.62. The number of ether oxygens (including phenoxy) is 8. The maximum absolute atomic E-state index is 13.4. The normalized spacial score (nSPS) is 16.7. The fraction of sp³-hybridized carbons (Fsp3) is 0.300. The van der Waals surface area contributed by atoms with Crippen molar-refractivity contribution in [3.63, 3.8) is 0 Å². The molecule has 3 heterocycles. The Morgan fingerprint density at radius 2 is 1.41 bits per heavy atom. The van der Waals surface area contributed by atoms with E-state index in [4.69, 9.17) is 37.9 Å². The summed E-state index contributed by atoms with van der Waals surface area (Å²) in [6.45, 7) is 0.487. The van der Waals surface area contributed by atoms with E-state index in [9.17, 15) is 9.90 Å². The van der Waals surface area contributed by atoms with Crippen molar-refractivity contribution in [2.75, 3.05) is 53.8 Å². The van der Waals surface area contributed by atoms with E-state index in [0.29, 0.717) is 46.6 Å². The number of cyclic esters (lactones) is 1. The number of benzene rings is 3. The lowest BCUT2D eigenvalue weighted by atomic mass is 9.80. The van der Waals surface area contributed by atoms with Crippen LogP contribution in [-0.2, 0) is 16.1 Å². The Morgan fingerprint density at radius 3 is 2.00 bits per heavy atom. The second-order valence-corrected chi connectivity index (χ2v) is 9.53. The summed E-state index contributed by atoms with van der Waals surface area (Å²) >= 11 is 0. The number of aromatic hydroxyl groups is 1. The van der Waals surface area contributed by atoms with Crippen molar-refractivity contribution in [1.29, 1.82) is 0 Å². The van der Waals surface area contributed by atoms with Gasteiger partial charge in [-0.05, 0) is 47.0 Å². The van der Waals surface area contributed by atoms with Crippen LogP contribution in [0.2, 0.25) is 0 Å². The van der Waals surface area contributed by atoms with Gasteiger partial charge in [-0.2, -0.15) is 0 Å². The van der Waals surface area contributed by atoms with Crippen LogP contribution in [-0.4, -0.2) is 60.0 Å². The summed E-state index contributed by atoms with van der Waals surface area (Å²) in [4.78, 5) is 15.4. The van der Waals surface area contributed by atoms with Gasteiger partial charge >= 0.3 is 5.97 Å². The Hall–Kier alpha value is -4.93. The van der Waals surface area contributed by atoms with Gasteiger partial charge in [-0.3, -0.25) is 0 Å². The lowest BCUT2D eigenvalue weighted by molar-refractivity contribution is -0.136. The van der Waals surface area contributed by atoms with Crippen molar-refractivity contribution >= 4 is 11.7 Å². The van der Waals surface area contributed by atoms with Gasteiger partial charge in [0.2, 0.25) is 18.3 Å². The Labute approximate surface area is 236 Å². The summed E-state index contributed by atoms with van der Waals surface area (Å²) in [5, 5.41) is 10.5. The Bertz CT molecular complexity index is 1530. The molecule has 0 aliphatic carbocycles. The third-order valence-corrected chi connectivity index (χ3v) is 7.51. The molecule has 214 valence electrons. The number of fused-ring (bicyclic) bond motifs is 2. The molecule has 3 aromatic carbocycles. The van der Waals surface area contributed by atoms with Gasteiger partial charge in [0.05, 0.1) is 46.8 Å². The Balaban J connectivity index is 1.56. The highest BCUT2D eigenvalue weighted by molar-refractivity contribution is 5.98. The van der Waals surface area contributed by atoms with Gasteiger partial charge in [0.1, 0.15) is 6.61 Å². The smallest absolute Gasteiger partial charge is 0.337 e. The number of hydrogen-bond donors (Lipinski definition) is 1. The summed E-state index contributed by atoms with van der Waals surface area (Å²) < 4.78 is 44.6. The second-order valence-electron chi connectivity index (χ2n) is 9.53. The fourth-order valence-electron chi connectivity index (χ4n) is 5.64. The maximum atomic E-state index is 13.4. The van der Waals surface area contributed by atoms with E-state index in [1.165, 1.54) is 21.3 Å². The number of carbonyl (C=O) groups excluding carboxylic acids is 1. The molecular weight excluding hydrogens is 534 g/mol. The van der Waals surface area contributed by atoms with Crippen LogP contribution in [0.1, 0.15) is 22.6 Å². The Morgan fingerprint density at radius 1 is 0.805 bits per heavy atom. The molecule has 1 N–H and O–H groups in total. The molecular formula is C30H29NO10. The first-order chi connectivity index (χ1) is 19.9. The van der Waals surface area contributed by atoms with Crippen LogP contribution in [0.15, 0.2) is 47.7 Å². The molecule has 3 aromatic rings. The number of methoxy groups -OCH3 is 5. The molecule has 3 aliphatic heterocycles. The van der Waals surface area contributed by atoms with E-state index in [1.807, 2.05) is 29.2 Å². The van der Waals surface area contributed by atoms with Gasteiger partial charge in [0.15, 0.2) is 34.5 Å². The number of phenolic OH excluding ortho intramolecular Hbond substituents is 1. The first kappa shape index (κ1) is 26.3. The van der Waals surface area contributed by atoms with Gasteiger partial charge in [0, 0.05) is 24.2 Å². The van der Waals surface area contributed by atoms with Gasteiger partial charge in [0.25, 0.3) is 0 Å². The maximum Gasteiger partial charge on any atom is 0.337 e. The fourth-order valence-corrected chi connectivity index (χ4v) is 5.64. The number of anilines is 1. The first-order valence-corrected chi connectivity index (χ1v) is 12.8. The largest absolute Gasteiger partial charge is 0.502 e. The lowest BCUT2D eigenvalue weighted by Crippen LogP contribution is -2.31. The molecule has 3 aliphatic rings. The van der Waals surface area contributed by atoms with E-state index in [2.05, 4.69) is 0 Å². The number of nitrogens with zero attached hydrogens (tertiary/aromatic N) is 1. The minimum absolute atomic E-state index is 0.0787. The number of esters is 1. The topological polar surface area (TPSA) is 114 Å². The minimum Gasteiger partial charge on any atom is -0.502 e. The van der Waals surface area contributed by atoms with Crippen molar-refractivity contribution in [2.24, 2.45) is 0 Å². The summed E-state index contributed by atoms with van der Waals surface area (Å²) in [5.41, 5.74) is 4.32. The number of phenols is 1. The van der Waals surface area contributed by atoms with E-state index < -0.39 is 11.9 Å². The Kier molecular flexibility index (Phi) is 6.56. The van der Waals surface area contributed by atoms with Crippen molar-refractivity contribution in [2.45, 2.75) is 12.5 Å². The molecule has 41 heavy (non-hydrogen) atoms. The van der Waals surface area contributed by atoms with Crippen LogP contribution >= 0.6 is 0 Å². The number of hydrogen-bond acceptors (Lipinski definition) is 11. The molecule has 11 nitrogen and oxygen atoms in total. The average molecular weight is 564 g/mol. The molecule has 0 aromatic heterocycles. The molecule has 0 spiro atoms. The van der Waals surface area contributed by atoms with Gasteiger partial charge in [-0.15, -0.1) is 0 Å². The first-order valence-electron chi connectivity index (χ1n) is 12.8. The van der Waals surface area contributed by atoms with Crippen molar-refractivity contribution in [3.8, 4) is 46.0 Å². The number of rotatable bonds is 8. The molecule has 0 saturated carbocycles. The van der Waals surface area contributed by atoms with E-state index in [1.54, 1.807) is 26.4 Å². The molecule has 0 radical (unpaired) electrons. The molecule has 11 heteroatoms. The zero-order valence-corrected chi connectivity index (χ0v) is 23.2. The molecule has 1 unspecified atom stereocenters. The summed E-state index contributed by atoms with van der Waals surface area (Å²) in [5.74, 6) is 2.02. The SMILES string of the molecule is COc1cc(CN2C3=C(C(=O)OC3)C(c3cc(OC)c(OC)c(OC)c3)c3cc4c(cc32)OCO4)cc(OC)c1O. The van der Waals surface area contributed by atoms with Gasteiger partial charge in [-0.1, -0.05) is 0 Å². The van der Waals surface area contributed by atoms with E-state index >= 15 is 0 Å². The highest BCUT2D eigenvalue weighted by Crippen LogP contribution is 2.53. The lowest BCUT2D eigenvalue weighted by Gasteiger charge is -2.36. The predicted octanol–water partition coefficient (Wildman–Crippen LogP) is 4.13. The third-order valence-electron chi connectivity index (χ3n) is 7.51. The third kappa shape index (κ3) is 4.16. The predicted molar refractivity (Wildman–Crippen MR) is 146 cm³/mol. The van der Waals surface area contributed by atoms with Crippen molar-refractivity contribution < 1.29 is 47.8 Å². The van der Waals surface area contributed by atoms with Crippen LogP contribution in [0.25, 0.3) is 0 Å². The molecule has 0 amide bonds. The molecule has 0 bridgehead atoms. The van der Waals surface area contributed by atoms with E-state index in [0.717, 1.165) is 22.4 Å². The van der Waals surface area contributed by atoms with Gasteiger partial charge in [-0.25, -0.2) is 4.79 Å². The van der Waals surface area contributed by atoms with Crippen LogP contribution < -0.4 is 38.1 Å². The summed E-state index contributed by atoms with van der Waals surface area (Å²) in [7, 11) is 7.58. The highest BCUT2D eigenvalue weighted by atomic mass is 16.7. The van der Waals surface area contributed by atoms with E-state index in [-0.39, 0.29) is 30.6 Å². The zero-order valence-electron chi connectivity index (χ0n) is 23.2. The quantitative estimate of drug-likeness (QED) is 0.399. The minimum atomic E-state index is -0.529. The second kappa shape index (κ2) is 10.2. The van der Waals surface area contributed by atoms with Crippen LogP contribution in [0.5, 0.6) is 46.0 Å². The summed E-state index contributed by atoms with van der Waals surface area (Å²) in [6, 6.07) is 10.9. The van der Waals surface area contributed by atoms with Crippen LogP contribution in [0.3, 0.4) is 0 Å². The zero-order chi connectivity index (χ0) is 28.8. The van der Waals surface area contributed by atoms with Crippen LogP contribution in [0.4, 0.5) is 5.69 Å².